The Bertz CT molecular complexity index is 347. The summed E-state index contributed by atoms with van der Waals surface area (Å²) >= 11 is 0. The monoisotopic (exact) mass is 180 g/mol. The molecule has 1 aromatic heterocycles. The van der Waals surface area contributed by atoms with Gasteiger partial charge in [0.1, 0.15) is 0 Å². The molecule has 0 amide bonds. The van der Waals surface area contributed by atoms with E-state index in [9.17, 15) is 4.79 Å². The molecule has 0 unspecified atom stereocenters. The fourth-order valence-electron chi connectivity index (χ4n) is 1.11. The number of aromatic nitrogens is 2. The van der Waals surface area contributed by atoms with Crippen LogP contribution in [-0.4, -0.2) is 9.78 Å². The summed E-state index contributed by atoms with van der Waals surface area (Å²) in [5.41, 5.74) is 0.939. The highest BCUT2D eigenvalue weighted by molar-refractivity contribution is 4.97. The first-order valence-electron chi connectivity index (χ1n) is 4.43. The highest BCUT2D eigenvalue weighted by Gasteiger charge is 2.12. The molecule has 3 nitrogen and oxygen atoms in total. The average molecular weight is 180 g/mol. The lowest BCUT2D eigenvalue weighted by atomic mass is 9.97. The van der Waals surface area contributed by atoms with Gasteiger partial charge in [-0.05, 0) is 18.4 Å². The molecule has 0 saturated carbocycles. The van der Waals surface area contributed by atoms with Gasteiger partial charge in [0, 0.05) is 12.6 Å². The predicted molar refractivity (Wildman–Crippen MR) is 52.7 cm³/mol. The Labute approximate surface area is 78.4 Å². The first-order chi connectivity index (χ1) is 5.88. The molecule has 0 aliphatic carbocycles. The summed E-state index contributed by atoms with van der Waals surface area (Å²) < 4.78 is 1.52. The lowest BCUT2D eigenvalue weighted by Crippen LogP contribution is -2.28. The van der Waals surface area contributed by atoms with Crippen LogP contribution in [0.1, 0.15) is 26.5 Å². The van der Waals surface area contributed by atoms with Crippen LogP contribution in [0, 0.1) is 12.3 Å². The van der Waals surface area contributed by atoms with Crippen molar-refractivity contribution in [1.29, 1.82) is 0 Å². The SMILES string of the molecule is Cc1ccc(=O)n(CC(C)(C)C)n1. The standard InChI is InChI=1S/C10H16N2O/c1-8-5-6-9(13)12(11-8)7-10(2,3)4/h5-6H,7H2,1-4H3. The van der Waals surface area contributed by atoms with E-state index in [0.717, 1.165) is 5.69 Å². The van der Waals surface area contributed by atoms with E-state index in [0.29, 0.717) is 6.54 Å². The number of nitrogens with zero attached hydrogens (tertiary/aromatic N) is 2. The van der Waals surface area contributed by atoms with Crippen LogP contribution >= 0.6 is 0 Å². The zero-order valence-corrected chi connectivity index (χ0v) is 8.66. The van der Waals surface area contributed by atoms with Crippen LogP contribution in [0.25, 0.3) is 0 Å². The van der Waals surface area contributed by atoms with Crippen LogP contribution < -0.4 is 5.56 Å². The molecule has 0 atom stereocenters. The molecule has 0 spiro atoms. The van der Waals surface area contributed by atoms with Crippen molar-refractivity contribution >= 4 is 0 Å². The van der Waals surface area contributed by atoms with Gasteiger partial charge in [-0.25, -0.2) is 4.68 Å². The summed E-state index contributed by atoms with van der Waals surface area (Å²) in [6.07, 6.45) is 0. The Morgan fingerprint density at radius 1 is 1.38 bits per heavy atom. The summed E-state index contributed by atoms with van der Waals surface area (Å²) in [5.74, 6) is 0. The van der Waals surface area contributed by atoms with Crippen molar-refractivity contribution in [2.75, 3.05) is 0 Å². The summed E-state index contributed by atoms with van der Waals surface area (Å²) in [6.45, 7) is 8.81. The first kappa shape index (κ1) is 9.96. The van der Waals surface area contributed by atoms with E-state index in [2.05, 4.69) is 25.9 Å². The van der Waals surface area contributed by atoms with Crippen LogP contribution in [0.3, 0.4) is 0 Å². The fraction of sp³-hybridized carbons (Fsp3) is 0.600. The second-order valence-corrected chi connectivity index (χ2v) is 4.53. The van der Waals surface area contributed by atoms with E-state index in [1.165, 1.54) is 4.68 Å². The molecule has 1 heterocycles. The minimum absolute atomic E-state index is 0.0273. The number of rotatable bonds is 1. The normalized spacial score (nSPS) is 11.7. The van der Waals surface area contributed by atoms with Gasteiger partial charge >= 0.3 is 0 Å². The first-order valence-corrected chi connectivity index (χ1v) is 4.43. The highest BCUT2D eigenvalue weighted by atomic mass is 16.1. The van der Waals surface area contributed by atoms with Gasteiger partial charge in [0.05, 0.1) is 5.69 Å². The Morgan fingerprint density at radius 2 is 2.00 bits per heavy atom. The van der Waals surface area contributed by atoms with Crippen molar-refractivity contribution in [2.24, 2.45) is 5.41 Å². The smallest absolute Gasteiger partial charge is 0.266 e. The Hall–Kier alpha value is -1.12. The van der Waals surface area contributed by atoms with Crippen molar-refractivity contribution in [3.63, 3.8) is 0 Å². The predicted octanol–water partition coefficient (Wildman–Crippen LogP) is 1.60. The van der Waals surface area contributed by atoms with Gasteiger partial charge < -0.3 is 0 Å². The van der Waals surface area contributed by atoms with Crippen LogP contribution in [0.15, 0.2) is 16.9 Å². The third-order valence-corrected chi connectivity index (χ3v) is 1.62. The summed E-state index contributed by atoms with van der Waals surface area (Å²) in [4.78, 5) is 11.3. The lowest BCUT2D eigenvalue weighted by molar-refractivity contribution is 0.315. The van der Waals surface area contributed by atoms with E-state index in [4.69, 9.17) is 0 Å². The minimum atomic E-state index is -0.0273. The summed E-state index contributed by atoms with van der Waals surface area (Å²) in [7, 11) is 0. The molecule has 3 heteroatoms. The molecular formula is C10H16N2O. The molecule has 0 radical (unpaired) electrons. The molecule has 1 rings (SSSR count). The zero-order chi connectivity index (χ0) is 10.1. The molecular weight excluding hydrogens is 164 g/mol. The molecule has 0 fully saturated rings. The van der Waals surface area contributed by atoms with Gasteiger partial charge in [-0.2, -0.15) is 5.10 Å². The van der Waals surface area contributed by atoms with Gasteiger partial charge in [-0.15, -0.1) is 0 Å². The molecule has 0 aliphatic rings. The van der Waals surface area contributed by atoms with E-state index in [1.54, 1.807) is 12.1 Å². The van der Waals surface area contributed by atoms with Gasteiger partial charge in [0.25, 0.3) is 5.56 Å². The topological polar surface area (TPSA) is 34.9 Å². The second-order valence-electron chi connectivity index (χ2n) is 4.53. The summed E-state index contributed by atoms with van der Waals surface area (Å²) in [6, 6.07) is 3.30. The van der Waals surface area contributed by atoms with Crippen molar-refractivity contribution in [3.8, 4) is 0 Å². The molecule has 72 valence electrons. The molecule has 0 saturated heterocycles. The molecule has 0 aliphatic heterocycles. The van der Waals surface area contributed by atoms with Gasteiger partial charge in [0.2, 0.25) is 0 Å². The fourth-order valence-corrected chi connectivity index (χ4v) is 1.11. The lowest BCUT2D eigenvalue weighted by Gasteiger charge is -2.18. The molecule has 13 heavy (non-hydrogen) atoms. The van der Waals surface area contributed by atoms with E-state index < -0.39 is 0 Å². The maximum absolute atomic E-state index is 11.3. The zero-order valence-electron chi connectivity index (χ0n) is 8.66. The van der Waals surface area contributed by atoms with Crippen molar-refractivity contribution in [3.05, 3.63) is 28.2 Å². The number of hydrogen-bond acceptors (Lipinski definition) is 2. The number of hydrogen-bond donors (Lipinski definition) is 0. The number of aryl methyl sites for hydroxylation is 1. The Morgan fingerprint density at radius 3 is 2.54 bits per heavy atom. The van der Waals surface area contributed by atoms with Crippen molar-refractivity contribution in [1.82, 2.24) is 9.78 Å². The summed E-state index contributed by atoms with van der Waals surface area (Å²) in [5, 5.41) is 4.16. The van der Waals surface area contributed by atoms with Gasteiger partial charge in [-0.1, -0.05) is 20.8 Å². The van der Waals surface area contributed by atoms with Crippen LogP contribution in [0.2, 0.25) is 0 Å². The van der Waals surface area contributed by atoms with E-state index in [-0.39, 0.29) is 11.0 Å². The third-order valence-electron chi connectivity index (χ3n) is 1.62. The molecule has 1 aromatic rings. The quantitative estimate of drug-likeness (QED) is 0.658. The van der Waals surface area contributed by atoms with Gasteiger partial charge in [-0.3, -0.25) is 4.79 Å². The molecule has 0 aromatic carbocycles. The molecule has 0 N–H and O–H groups in total. The van der Waals surface area contributed by atoms with E-state index >= 15 is 0 Å². The van der Waals surface area contributed by atoms with Crippen LogP contribution in [0.5, 0.6) is 0 Å². The third kappa shape index (κ3) is 3.01. The molecule has 0 bridgehead atoms. The van der Waals surface area contributed by atoms with Crippen molar-refractivity contribution in [2.45, 2.75) is 34.2 Å². The maximum atomic E-state index is 11.3. The van der Waals surface area contributed by atoms with Crippen molar-refractivity contribution < 1.29 is 0 Å². The Kier molecular flexibility index (Phi) is 2.55. The minimum Gasteiger partial charge on any atom is -0.268 e. The average Bonchev–Trinajstić information content (AvgIpc) is 1.94. The van der Waals surface area contributed by atoms with Crippen LogP contribution in [-0.2, 0) is 6.54 Å². The van der Waals surface area contributed by atoms with Crippen LogP contribution in [0.4, 0.5) is 0 Å². The van der Waals surface area contributed by atoms with E-state index in [1.807, 2.05) is 6.92 Å². The van der Waals surface area contributed by atoms with Gasteiger partial charge in [0.15, 0.2) is 0 Å². The Balaban J connectivity index is 3.01. The maximum Gasteiger partial charge on any atom is 0.266 e. The largest absolute Gasteiger partial charge is 0.268 e. The second kappa shape index (κ2) is 3.32. The highest BCUT2D eigenvalue weighted by Crippen LogP contribution is 2.14.